The van der Waals surface area contributed by atoms with Crippen molar-refractivity contribution in [3.8, 4) is 5.75 Å². The van der Waals surface area contributed by atoms with Gasteiger partial charge in [0.25, 0.3) is 17.5 Å². The van der Waals surface area contributed by atoms with Crippen LogP contribution in [0.15, 0.2) is 52.0 Å². The highest BCUT2D eigenvalue weighted by atomic mass is 79.9. The Bertz CT molecular complexity index is 885. The van der Waals surface area contributed by atoms with E-state index in [1.807, 2.05) is 0 Å². The van der Waals surface area contributed by atoms with E-state index >= 15 is 0 Å². The van der Waals surface area contributed by atoms with Gasteiger partial charge in [-0.1, -0.05) is 34.1 Å². The Balaban J connectivity index is 1.87. The fraction of sp³-hybridized carbons (Fsp3) is 0.0625. The Morgan fingerprint density at radius 1 is 1.23 bits per heavy atom. The standard InChI is InChI=1S/C16H13BrN4O5/c17-12-3-1-2-11(7-12)16(24)18-9-15(23)20-19-8-10-4-5-14(22)13(6-10)21(25)26/h1-8,22H,9H2,(H,18,24)(H,20,23)/p-1. The van der Waals surface area contributed by atoms with Crippen molar-refractivity contribution < 1.29 is 19.6 Å². The fourth-order valence-electron chi connectivity index (χ4n) is 1.87. The van der Waals surface area contributed by atoms with Gasteiger partial charge in [0.15, 0.2) is 0 Å². The number of benzene rings is 2. The van der Waals surface area contributed by atoms with Gasteiger partial charge in [-0.15, -0.1) is 0 Å². The van der Waals surface area contributed by atoms with Crippen LogP contribution in [0.3, 0.4) is 0 Å². The Kier molecular flexibility index (Phi) is 6.39. The molecule has 0 aliphatic heterocycles. The number of carbonyl (C=O) groups excluding carboxylic acids is 2. The molecule has 2 N–H and O–H groups in total. The van der Waals surface area contributed by atoms with Gasteiger partial charge < -0.3 is 10.4 Å². The van der Waals surface area contributed by atoms with Crippen molar-refractivity contribution in [1.29, 1.82) is 0 Å². The number of nitro groups is 1. The molecule has 134 valence electrons. The quantitative estimate of drug-likeness (QED) is 0.413. The highest BCUT2D eigenvalue weighted by molar-refractivity contribution is 9.10. The van der Waals surface area contributed by atoms with Gasteiger partial charge in [-0.3, -0.25) is 19.7 Å². The normalized spacial score (nSPS) is 10.5. The second kappa shape index (κ2) is 8.72. The summed E-state index contributed by atoms with van der Waals surface area (Å²) in [6.45, 7) is -0.303. The Morgan fingerprint density at radius 2 is 2.00 bits per heavy atom. The minimum Gasteiger partial charge on any atom is -0.868 e. The maximum absolute atomic E-state index is 11.9. The number of hydrogen-bond acceptors (Lipinski definition) is 6. The lowest BCUT2D eigenvalue weighted by Crippen LogP contribution is -2.34. The van der Waals surface area contributed by atoms with E-state index in [1.54, 1.807) is 24.3 Å². The number of amides is 2. The van der Waals surface area contributed by atoms with Crippen molar-refractivity contribution in [2.45, 2.75) is 0 Å². The maximum atomic E-state index is 11.9. The molecule has 0 radical (unpaired) electrons. The minimum atomic E-state index is -0.796. The molecule has 0 saturated carbocycles. The second-order valence-corrected chi connectivity index (χ2v) is 5.89. The number of nitrogens with one attached hydrogen (secondary N) is 2. The molecule has 0 aliphatic rings. The van der Waals surface area contributed by atoms with Gasteiger partial charge in [0.2, 0.25) is 0 Å². The molecule has 2 aromatic rings. The van der Waals surface area contributed by atoms with E-state index in [4.69, 9.17) is 0 Å². The fourth-order valence-corrected chi connectivity index (χ4v) is 2.27. The third kappa shape index (κ3) is 5.38. The Labute approximate surface area is 156 Å². The molecular formula is C16H12BrN4O5-. The lowest BCUT2D eigenvalue weighted by molar-refractivity contribution is -0.398. The molecule has 0 atom stereocenters. The largest absolute Gasteiger partial charge is 0.868 e. The van der Waals surface area contributed by atoms with Gasteiger partial charge in [-0.25, -0.2) is 5.43 Å². The van der Waals surface area contributed by atoms with Crippen LogP contribution in [-0.2, 0) is 4.79 Å². The average molecular weight is 420 g/mol. The van der Waals surface area contributed by atoms with Crippen LogP contribution in [0.25, 0.3) is 0 Å². The lowest BCUT2D eigenvalue weighted by Gasteiger charge is -2.06. The molecule has 0 fully saturated rings. The zero-order valence-electron chi connectivity index (χ0n) is 13.1. The van der Waals surface area contributed by atoms with Gasteiger partial charge in [0, 0.05) is 21.7 Å². The van der Waals surface area contributed by atoms with Crippen molar-refractivity contribution in [2.24, 2.45) is 5.10 Å². The molecule has 9 nitrogen and oxygen atoms in total. The number of nitrogens with zero attached hydrogens (tertiary/aromatic N) is 2. The summed E-state index contributed by atoms with van der Waals surface area (Å²) in [5.74, 6) is -1.72. The molecule has 0 saturated heterocycles. The van der Waals surface area contributed by atoms with Crippen molar-refractivity contribution in [3.63, 3.8) is 0 Å². The van der Waals surface area contributed by atoms with Gasteiger partial charge >= 0.3 is 0 Å². The number of carbonyl (C=O) groups is 2. The second-order valence-electron chi connectivity index (χ2n) is 4.97. The van der Waals surface area contributed by atoms with Crippen molar-refractivity contribution >= 4 is 39.6 Å². The molecular weight excluding hydrogens is 408 g/mol. The van der Waals surface area contributed by atoms with Crippen LogP contribution in [0, 0.1) is 10.1 Å². The van der Waals surface area contributed by atoms with Crippen molar-refractivity contribution in [2.75, 3.05) is 6.54 Å². The van der Waals surface area contributed by atoms with Crippen LogP contribution in [0.5, 0.6) is 5.75 Å². The van der Waals surface area contributed by atoms with E-state index < -0.39 is 28.2 Å². The molecule has 10 heteroatoms. The number of nitro benzene ring substituents is 1. The van der Waals surface area contributed by atoms with Gasteiger partial charge in [0.05, 0.1) is 17.7 Å². The molecule has 0 aromatic heterocycles. The Morgan fingerprint density at radius 3 is 2.69 bits per heavy atom. The van der Waals surface area contributed by atoms with Crippen LogP contribution in [-0.4, -0.2) is 29.5 Å². The first-order valence-corrected chi connectivity index (χ1v) is 7.97. The summed E-state index contributed by atoms with van der Waals surface area (Å²) in [7, 11) is 0. The van der Waals surface area contributed by atoms with Crippen LogP contribution >= 0.6 is 15.9 Å². The molecule has 0 unspecified atom stereocenters. The van der Waals surface area contributed by atoms with Crippen LogP contribution in [0.1, 0.15) is 15.9 Å². The van der Waals surface area contributed by atoms with Gasteiger partial charge in [0.1, 0.15) is 0 Å². The summed E-state index contributed by atoms with van der Waals surface area (Å²) in [6.07, 6.45) is 1.15. The highest BCUT2D eigenvalue weighted by Crippen LogP contribution is 2.22. The zero-order chi connectivity index (χ0) is 19.1. The minimum absolute atomic E-state index is 0.273. The van der Waals surface area contributed by atoms with Gasteiger partial charge in [-0.2, -0.15) is 5.10 Å². The van der Waals surface area contributed by atoms with E-state index in [9.17, 15) is 24.8 Å². The van der Waals surface area contributed by atoms with E-state index in [-0.39, 0.29) is 12.1 Å². The van der Waals surface area contributed by atoms with Crippen LogP contribution in [0.2, 0.25) is 0 Å². The van der Waals surface area contributed by atoms with E-state index in [2.05, 4.69) is 31.8 Å². The first-order chi connectivity index (χ1) is 12.4. The average Bonchev–Trinajstić information content (AvgIpc) is 2.60. The first-order valence-electron chi connectivity index (χ1n) is 7.18. The Hall–Kier alpha value is -3.27. The summed E-state index contributed by atoms with van der Waals surface area (Å²) in [4.78, 5) is 33.4. The molecule has 0 spiro atoms. The first kappa shape index (κ1) is 19.1. The summed E-state index contributed by atoms with van der Waals surface area (Å²) in [5.41, 5.74) is 2.25. The molecule has 2 aromatic carbocycles. The maximum Gasteiger partial charge on any atom is 0.262 e. The number of hydrazone groups is 1. The monoisotopic (exact) mass is 419 g/mol. The van der Waals surface area contributed by atoms with E-state index in [0.29, 0.717) is 5.56 Å². The van der Waals surface area contributed by atoms with Gasteiger partial charge in [-0.05, 0) is 23.9 Å². The van der Waals surface area contributed by atoms with Crippen molar-refractivity contribution in [1.82, 2.24) is 10.7 Å². The topological polar surface area (TPSA) is 137 Å². The summed E-state index contributed by atoms with van der Waals surface area (Å²) in [5, 5.41) is 28.0. The molecule has 2 amide bonds. The van der Waals surface area contributed by atoms with E-state index in [1.165, 1.54) is 6.07 Å². The smallest absolute Gasteiger partial charge is 0.262 e. The molecule has 0 bridgehead atoms. The molecule has 0 aliphatic carbocycles. The third-order valence-electron chi connectivity index (χ3n) is 3.08. The summed E-state index contributed by atoms with van der Waals surface area (Å²) >= 11 is 3.25. The summed E-state index contributed by atoms with van der Waals surface area (Å²) < 4.78 is 0.734. The molecule has 26 heavy (non-hydrogen) atoms. The number of rotatable bonds is 6. The third-order valence-corrected chi connectivity index (χ3v) is 3.57. The van der Waals surface area contributed by atoms with Crippen LogP contribution in [0.4, 0.5) is 5.69 Å². The SMILES string of the molecule is O=C(CNC(=O)c1cccc(Br)c1)NN=Cc1ccc([O-])c([N+](=O)[O-])c1. The van der Waals surface area contributed by atoms with E-state index in [0.717, 1.165) is 22.8 Å². The highest BCUT2D eigenvalue weighted by Gasteiger charge is 2.08. The summed E-state index contributed by atoms with van der Waals surface area (Å²) in [6, 6.07) is 10.1. The molecule has 0 heterocycles. The molecule has 2 rings (SSSR count). The zero-order valence-corrected chi connectivity index (χ0v) is 14.7. The van der Waals surface area contributed by atoms with Crippen molar-refractivity contribution in [3.05, 3.63) is 68.2 Å². The lowest BCUT2D eigenvalue weighted by atomic mass is 10.2. The predicted molar refractivity (Wildman–Crippen MR) is 94.8 cm³/mol. The number of halogens is 1. The van der Waals surface area contributed by atoms with Crippen LogP contribution < -0.4 is 15.8 Å². The predicted octanol–water partition coefficient (Wildman–Crippen LogP) is 1.31. The number of hydrogen-bond donors (Lipinski definition) is 2.